The van der Waals surface area contributed by atoms with Crippen LogP contribution in [0.1, 0.15) is 17.0 Å². The van der Waals surface area contributed by atoms with E-state index in [1.54, 1.807) is 6.07 Å². The van der Waals surface area contributed by atoms with E-state index in [4.69, 9.17) is 15.0 Å². The highest BCUT2D eigenvalue weighted by Gasteiger charge is 2.19. The molecule has 0 saturated carbocycles. The molecule has 6 heteroatoms. The lowest BCUT2D eigenvalue weighted by molar-refractivity contribution is 0.371. The summed E-state index contributed by atoms with van der Waals surface area (Å²) in [5.41, 5.74) is 7.77. The molecule has 2 aromatic rings. The molecule has 0 aliphatic carbocycles. The van der Waals surface area contributed by atoms with Crippen molar-refractivity contribution in [1.29, 1.82) is 0 Å². The van der Waals surface area contributed by atoms with Crippen molar-refractivity contribution in [3.8, 4) is 22.9 Å². The zero-order chi connectivity index (χ0) is 13.3. The number of nitrogens with two attached hydrogens (primary N) is 1. The lowest BCUT2D eigenvalue weighted by Gasteiger charge is -2.11. The maximum atomic E-state index is 10.2. The van der Waals surface area contributed by atoms with E-state index in [-0.39, 0.29) is 12.3 Å². The predicted octanol–water partition coefficient (Wildman–Crippen LogP) is 1.53. The van der Waals surface area contributed by atoms with Crippen LogP contribution in [-0.2, 0) is 6.54 Å². The highest BCUT2D eigenvalue weighted by Crippen LogP contribution is 2.39. The Bertz CT molecular complexity index is 578. The van der Waals surface area contributed by atoms with Gasteiger partial charge in [0, 0.05) is 0 Å². The van der Waals surface area contributed by atoms with Crippen molar-refractivity contribution < 1.29 is 14.4 Å². The molecule has 0 atom stereocenters. The van der Waals surface area contributed by atoms with Gasteiger partial charge in [-0.05, 0) is 31.0 Å². The lowest BCUT2D eigenvalue weighted by Crippen LogP contribution is -1.97. The average molecular weight is 249 g/mol. The highest BCUT2D eigenvalue weighted by atomic mass is 16.5. The normalized spacial score (nSPS) is 10.7. The number of phenols is 1. The van der Waals surface area contributed by atoms with Crippen molar-refractivity contribution in [3.05, 3.63) is 23.1 Å². The first-order valence-corrected chi connectivity index (χ1v) is 5.48. The number of benzene rings is 1. The minimum absolute atomic E-state index is 0.00460. The Labute approximate surface area is 104 Å². The molecular weight excluding hydrogens is 234 g/mol. The van der Waals surface area contributed by atoms with E-state index in [1.807, 2.05) is 13.8 Å². The number of hydrogen-bond acceptors (Lipinski definition) is 6. The van der Waals surface area contributed by atoms with Crippen LogP contribution in [0.15, 0.2) is 10.6 Å². The van der Waals surface area contributed by atoms with E-state index < -0.39 is 0 Å². The average Bonchev–Trinajstić information content (AvgIpc) is 2.82. The van der Waals surface area contributed by atoms with Gasteiger partial charge in [0.25, 0.3) is 0 Å². The Morgan fingerprint density at radius 2 is 2.17 bits per heavy atom. The quantitative estimate of drug-likeness (QED) is 0.856. The summed E-state index contributed by atoms with van der Waals surface area (Å²) < 4.78 is 10.1. The van der Waals surface area contributed by atoms with Crippen LogP contribution in [0, 0.1) is 13.8 Å². The number of phenolic OH excluding ortho intramolecular Hbond substituents is 1. The van der Waals surface area contributed by atoms with Crippen molar-refractivity contribution in [1.82, 2.24) is 10.1 Å². The van der Waals surface area contributed by atoms with E-state index >= 15 is 0 Å². The first-order valence-electron chi connectivity index (χ1n) is 5.48. The molecule has 0 bridgehead atoms. The van der Waals surface area contributed by atoms with Crippen molar-refractivity contribution >= 4 is 0 Å². The summed E-state index contributed by atoms with van der Waals surface area (Å²) in [7, 11) is 1.50. The molecule has 2 rings (SSSR count). The molecule has 1 aromatic carbocycles. The molecule has 0 fully saturated rings. The number of methoxy groups -OCH3 is 1. The topological polar surface area (TPSA) is 94.4 Å². The van der Waals surface area contributed by atoms with Gasteiger partial charge < -0.3 is 20.1 Å². The van der Waals surface area contributed by atoms with Crippen LogP contribution in [-0.4, -0.2) is 22.4 Å². The van der Waals surface area contributed by atoms with Gasteiger partial charge in [-0.3, -0.25) is 0 Å². The van der Waals surface area contributed by atoms with E-state index in [0.29, 0.717) is 23.0 Å². The third-order valence-electron chi connectivity index (χ3n) is 2.87. The minimum atomic E-state index is 0.00460. The Balaban J connectivity index is 2.65. The molecule has 18 heavy (non-hydrogen) atoms. The monoisotopic (exact) mass is 249 g/mol. The summed E-state index contributed by atoms with van der Waals surface area (Å²) in [6, 6.07) is 1.76. The van der Waals surface area contributed by atoms with E-state index in [0.717, 1.165) is 11.1 Å². The van der Waals surface area contributed by atoms with Crippen molar-refractivity contribution in [3.63, 3.8) is 0 Å². The molecule has 0 saturated heterocycles. The molecule has 6 nitrogen and oxygen atoms in total. The summed E-state index contributed by atoms with van der Waals surface area (Å²) in [5.74, 6) is 1.02. The number of rotatable bonds is 3. The van der Waals surface area contributed by atoms with Crippen molar-refractivity contribution in [2.24, 2.45) is 5.73 Å². The van der Waals surface area contributed by atoms with Gasteiger partial charge in [0.15, 0.2) is 11.5 Å². The largest absolute Gasteiger partial charge is 0.504 e. The molecule has 0 unspecified atom stereocenters. The van der Waals surface area contributed by atoms with Crippen LogP contribution < -0.4 is 10.5 Å². The second-order valence-electron chi connectivity index (χ2n) is 3.96. The van der Waals surface area contributed by atoms with Crippen LogP contribution in [0.2, 0.25) is 0 Å². The van der Waals surface area contributed by atoms with Gasteiger partial charge in [-0.25, -0.2) is 0 Å². The number of aryl methyl sites for hydroxylation is 1. The predicted molar refractivity (Wildman–Crippen MR) is 65.3 cm³/mol. The molecule has 0 spiro atoms. The van der Waals surface area contributed by atoms with Crippen LogP contribution in [0.5, 0.6) is 11.5 Å². The molecule has 1 aromatic heterocycles. The van der Waals surface area contributed by atoms with E-state index in [1.165, 1.54) is 7.11 Å². The van der Waals surface area contributed by atoms with Crippen LogP contribution in [0.3, 0.4) is 0 Å². The summed E-state index contributed by atoms with van der Waals surface area (Å²) >= 11 is 0. The van der Waals surface area contributed by atoms with Gasteiger partial charge in [0.2, 0.25) is 11.7 Å². The molecular formula is C12H15N3O3. The van der Waals surface area contributed by atoms with Gasteiger partial charge in [0.1, 0.15) is 0 Å². The second-order valence-corrected chi connectivity index (χ2v) is 3.96. The Morgan fingerprint density at radius 3 is 2.72 bits per heavy atom. The van der Waals surface area contributed by atoms with Gasteiger partial charge in [-0.1, -0.05) is 5.16 Å². The van der Waals surface area contributed by atoms with Gasteiger partial charge in [-0.2, -0.15) is 4.98 Å². The zero-order valence-electron chi connectivity index (χ0n) is 10.5. The molecule has 96 valence electrons. The first kappa shape index (κ1) is 12.4. The molecule has 3 N–H and O–H groups in total. The molecule has 0 amide bonds. The minimum Gasteiger partial charge on any atom is -0.504 e. The standard InChI is InChI=1S/C12H15N3O3/c1-6-4-8(17-3)11(16)10(7(6)2)12-14-9(5-13)18-15-12/h4,16H,5,13H2,1-3H3. The smallest absolute Gasteiger partial charge is 0.240 e. The molecule has 1 heterocycles. The zero-order valence-corrected chi connectivity index (χ0v) is 10.5. The fourth-order valence-electron chi connectivity index (χ4n) is 1.74. The number of hydrogen-bond donors (Lipinski definition) is 2. The highest BCUT2D eigenvalue weighted by molar-refractivity contribution is 5.73. The van der Waals surface area contributed by atoms with Gasteiger partial charge in [0.05, 0.1) is 19.2 Å². The SMILES string of the molecule is COc1cc(C)c(C)c(-c2noc(CN)n2)c1O. The van der Waals surface area contributed by atoms with Crippen LogP contribution in [0.25, 0.3) is 11.4 Å². The number of aromatic hydroxyl groups is 1. The van der Waals surface area contributed by atoms with E-state index in [2.05, 4.69) is 10.1 Å². The Morgan fingerprint density at radius 1 is 1.44 bits per heavy atom. The number of nitrogens with zero attached hydrogens (tertiary/aromatic N) is 2. The number of aromatic nitrogens is 2. The summed E-state index contributed by atoms with van der Waals surface area (Å²) in [5, 5.41) is 14.0. The molecule has 0 aliphatic heterocycles. The molecule has 0 radical (unpaired) electrons. The van der Waals surface area contributed by atoms with Crippen LogP contribution in [0.4, 0.5) is 0 Å². The van der Waals surface area contributed by atoms with Crippen molar-refractivity contribution in [2.45, 2.75) is 20.4 Å². The number of ether oxygens (including phenoxy) is 1. The second kappa shape index (κ2) is 4.66. The van der Waals surface area contributed by atoms with Crippen LogP contribution >= 0.6 is 0 Å². The van der Waals surface area contributed by atoms with Gasteiger partial charge >= 0.3 is 0 Å². The Hall–Kier alpha value is -2.08. The summed E-state index contributed by atoms with van der Waals surface area (Å²) in [4.78, 5) is 4.12. The fourth-order valence-corrected chi connectivity index (χ4v) is 1.74. The first-order chi connectivity index (χ1) is 8.58. The van der Waals surface area contributed by atoms with Crippen molar-refractivity contribution in [2.75, 3.05) is 7.11 Å². The van der Waals surface area contributed by atoms with E-state index in [9.17, 15) is 5.11 Å². The third-order valence-corrected chi connectivity index (χ3v) is 2.87. The fraction of sp³-hybridized carbons (Fsp3) is 0.333. The summed E-state index contributed by atoms with van der Waals surface area (Å²) in [6.07, 6.45) is 0. The lowest BCUT2D eigenvalue weighted by atomic mass is 10.0. The molecule has 0 aliphatic rings. The Kier molecular flexibility index (Phi) is 3.20. The van der Waals surface area contributed by atoms with Gasteiger partial charge in [-0.15, -0.1) is 0 Å². The maximum Gasteiger partial charge on any atom is 0.240 e. The maximum absolute atomic E-state index is 10.2. The third kappa shape index (κ3) is 1.91. The summed E-state index contributed by atoms with van der Waals surface area (Å²) in [6.45, 7) is 3.96.